The van der Waals surface area contributed by atoms with E-state index in [0.29, 0.717) is 16.4 Å². The lowest BCUT2D eigenvalue weighted by atomic mass is 10.2. The van der Waals surface area contributed by atoms with Crippen molar-refractivity contribution in [3.05, 3.63) is 81.6 Å². The van der Waals surface area contributed by atoms with Gasteiger partial charge in [-0.2, -0.15) is 0 Å². The number of aromatic nitrogens is 1. The second-order valence-corrected chi connectivity index (χ2v) is 7.59. The first-order valence-electron chi connectivity index (χ1n) is 9.39. The van der Waals surface area contributed by atoms with Gasteiger partial charge in [0.2, 0.25) is 5.91 Å². The number of carbonyl (C=O) groups is 3. The summed E-state index contributed by atoms with van der Waals surface area (Å²) < 4.78 is 18.6. The Labute approximate surface area is 182 Å². The Balaban J connectivity index is 1.41. The van der Waals surface area contributed by atoms with E-state index in [9.17, 15) is 18.8 Å². The van der Waals surface area contributed by atoms with Gasteiger partial charge in [0.1, 0.15) is 24.0 Å². The second-order valence-electron chi connectivity index (χ2n) is 6.65. The second kappa shape index (κ2) is 10.4. The standard InChI is InChI=1S/C22H20FN3O4S/c1-14-6-8-15(9-7-14)25-19(27)10-20-26-16(13-31-20)12-30-21(28)11-24-22(29)17-4-2-3-5-18(17)23/h2-9,13H,10-12H2,1H3,(H,24,29)(H,25,27). The fourth-order valence-electron chi connectivity index (χ4n) is 2.57. The van der Waals surface area contributed by atoms with Gasteiger partial charge in [-0.05, 0) is 31.2 Å². The smallest absolute Gasteiger partial charge is 0.325 e. The number of hydrogen-bond donors (Lipinski definition) is 2. The maximum Gasteiger partial charge on any atom is 0.325 e. The number of nitrogens with one attached hydrogen (secondary N) is 2. The van der Waals surface area contributed by atoms with E-state index in [-0.39, 0.29) is 24.5 Å². The van der Waals surface area contributed by atoms with Gasteiger partial charge >= 0.3 is 5.97 Å². The Hall–Kier alpha value is -3.59. The van der Waals surface area contributed by atoms with Crippen molar-refractivity contribution in [3.8, 4) is 0 Å². The number of benzene rings is 2. The molecule has 0 bridgehead atoms. The van der Waals surface area contributed by atoms with Crippen LogP contribution in [-0.2, 0) is 27.4 Å². The third-order valence-electron chi connectivity index (χ3n) is 4.14. The molecular formula is C22H20FN3O4S. The van der Waals surface area contributed by atoms with E-state index in [1.807, 2.05) is 31.2 Å². The van der Waals surface area contributed by atoms with E-state index in [2.05, 4.69) is 15.6 Å². The fourth-order valence-corrected chi connectivity index (χ4v) is 3.35. The van der Waals surface area contributed by atoms with Crippen LogP contribution in [0, 0.1) is 12.7 Å². The first kappa shape index (κ1) is 22.1. The molecule has 9 heteroatoms. The van der Waals surface area contributed by atoms with Crippen molar-refractivity contribution in [1.82, 2.24) is 10.3 Å². The molecule has 7 nitrogen and oxygen atoms in total. The van der Waals surface area contributed by atoms with Crippen LogP contribution in [0.5, 0.6) is 0 Å². The number of amides is 2. The van der Waals surface area contributed by atoms with Crippen LogP contribution in [0.15, 0.2) is 53.9 Å². The molecule has 2 amide bonds. The first-order chi connectivity index (χ1) is 14.9. The van der Waals surface area contributed by atoms with Gasteiger partial charge < -0.3 is 15.4 Å². The number of thiazole rings is 1. The van der Waals surface area contributed by atoms with E-state index < -0.39 is 24.2 Å². The summed E-state index contributed by atoms with van der Waals surface area (Å²) in [7, 11) is 0. The zero-order valence-electron chi connectivity index (χ0n) is 16.7. The summed E-state index contributed by atoms with van der Waals surface area (Å²) in [5.41, 5.74) is 2.16. The summed E-state index contributed by atoms with van der Waals surface area (Å²) in [6, 6.07) is 12.9. The molecule has 0 aliphatic rings. The largest absolute Gasteiger partial charge is 0.458 e. The van der Waals surface area contributed by atoms with Crippen molar-refractivity contribution in [2.45, 2.75) is 20.0 Å². The molecule has 0 aliphatic heterocycles. The van der Waals surface area contributed by atoms with Crippen LogP contribution in [0.1, 0.15) is 26.6 Å². The summed E-state index contributed by atoms with van der Waals surface area (Å²) in [5.74, 6) is -2.26. The molecule has 1 aromatic heterocycles. The van der Waals surface area contributed by atoms with Crippen LogP contribution in [-0.4, -0.2) is 29.3 Å². The van der Waals surface area contributed by atoms with Crippen LogP contribution >= 0.6 is 11.3 Å². The lowest BCUT2D eigenvalue weighted by Crippen LogP contribution is -2.31. The maximum absolute atomic E-state index is 13.6. The molecule has 0 atom stereocenters. The van der Waals surface area contributed by atoms with Crippen molar-refractivity contribution in [2.75, 3.05) is 11.9 Å². The number of aryl methyl sites for hydroxylation is 1. The van der Waals surface area contributed by atoms with Crippen molar-refractivity contribution in [2.24, 2.45) is 0 Å². The topological polar surface area (TPSA) is 97.4 Å². The van der Waals surface area contributed by atoms with Gasteiger partial charge in [-0.15, -0.1) is 11.3 Å². The summed E-state index contributed by atoms with van der Waals surface area (Å²) in [5, 5.41) is 7.39. The maximum atomic E-state index is 13.6. The average Bonchev–Trinajstić information content (AvgIpc) is 3.19. The van der Waals surface area contributed by atoms with Gasteiger partial charge in [0, 0.05) is 11.1 Å². The Morgan fingerprint density at radius 2 is 1.84 bits per heavy atom. The Morgan fingerprint density at radius 1 is 1.10 bits per heavy atom. The Bertz CT molecular complexity index is 1080. The summed E-state index contributed by atoms with van der Waals surface area (Å²) in [6.45, 7) is 1.47. The highest BCUT2D eigenvalue weighted by Crippen LogP contribution is 2.14. The van der Waals surface area contributed by atoms with E-state index in [1.165, 1.54) is 29.5 Å². The molecule has 0 unspecified atom stereocenters. The zero-order chi connectivity index (χ0) is 22.2. The van der Waals surface area contributed by atoms with Crippen LogP contribution < -0.4 is 10.6 Å². The van der Waals surface area contributed by atoms with E-state index in [1.54, 1.807) is 5.38 Å². The molecule has 3 aromatic rings. The lowest BCUT2D eigenvalue weighted by molar-refractivity contribution is -0.143. The average molecular weight is 441 g/mol. The van der Waals surface area contributed by atoms with E-state index >= 15 is 0 Å². The monoisotopic (exact) mass is 441 g/mol. The molecule has 2 aromatic carbocycles. The van der Waals surface area contributed by atoms with Gasteiger partial charge in [0.05, 0.1) is 17.7 Å². The molecule has 1 heterocycles. The third-order valence-corrected chi connectivity index (χ3v) is 5.04. The Morgan fingerprint density at radius 3 is 2.58 bits per heavy atom. The van der Waals surface area contributed by atoms with E-state index in [0.717, 1.165) is 11.6 Å². The van der Waals surface area contributed by atoms with Crippen LogP contribution in [0.3, 0.4) is 0 Å². The zero-order valence-corrected chi connectivity index (χ0v) is 17.5. The van der Waals surface area contributed by atoms with Crippen molar-refractivity contribution >= 4 is 34.8 Å². The SMILES string of the molecule is Cc1ccc(NC(=O)Cc2nc(COC(=O)CNC(=O)c3ccccc3F)cs2)cc1. The van der Waals surface area contributed by atoms with Gasteiger partial charge in [0.25, 0.3) is 5.91 Å². The number of nitrogens with zero attached hydrogens (tertiary/aromatic N) is 1. The number of esters is 1. The normalized spacial score (nSPS) is 10.4. The molecule has 3 rings (SSSR count). The van der Waals surface area contributed by atoms with Crippen molar-refractivity contribution < 1.29 is 23.5 Å². The van der Waals surface area contributed by atoms with Gasteiger partial charge in [0.15, 0.2) is 0 Å². The van der Waals surface area contributed by atoms with Crippen LogP contribution in [0.2, 0.25) is 0 Å². The molecular weight excluding hydrogens is 421 g/mol. The molecule has 0 saturated heterocycles. The molecule has 0 spiro atoms. The molecule has 2 N–H and O–H groups in total. The number of ether oxygens (including phenoxy) is 1. The number of rotatable bonds is 8. The molecule has 0 aliphatic carbocycles. The Kier molecular flexibility index (Phi) is 7.45. The number of halogens is 1. The molecule has 160 valence electrons. The predicted octanol–water partition coefficient (Wildman–Crippen LogP) is 3.25. The summed E-state index contributed by atoms with van der Waals surface area (Å²) >= 11 is 1.29. The lowest BCUT2D eigenvalue weighted by Gasteiger charge is -2.06. The third kappa shape index (κ3) is 6.71. The van der Waals surface area contributed by atoms with Gasteiger partial charge in [-0.1, -0.05) is 29.8 Å². The minimum Gasteiger partial charge on any atom is -0.458 e. The highest BCUT2D eigenvalue weighted by molar-refractivity contribution is 7.09. The van der Waals surface area contributed by atoms with Crippen molar-refractivity contribution in [1.29, 1.82) is 0 Å². The number of carbonyl (C=O) groups excluding carboxylic acids is 3. The summed E-state index contributed by atoms with van der Waals surface area (Å²) in [6.07, 6.45) is 0.102. The minimum absolute atomic E-state index is 0.0928. The minimum atomic E-state index is -0.703. The number of hydrogen-bond acceptors (Lipinski definition) is 6. The van der Waals surface area contributed by atoms with Gasteiger partial charge in [-0.25, -0.2) is 9.37 Å². The molecule has 0 fully saturated rings. The summed E-state index contributed by atoms with van der Waals surface area (Å²) in [4.78, 5) is 40.1. The van der Waals surface area contributed by atoms with Crippen molar-refractivity contribution in [3.63, 3.8) is 0 Å². The molecule has 0 radical (unpaired) electrons. The predicted molar refractivity (Wildman–Crippen MR) is 114 cm³/mol. The highest BCUT2D eigenvalue weighted by atomic mass is 32.1. The van der Waals surface area contributed by atoms with Crippen LogP contribution in [0.4, 0.5) is 10.1 Å². The molecule has 31 heavy (non-hydrogen) atoms. The first-order valence-corrected chi connectivity index (χ1v) is 10.3. The molecule has 0 saturated carbocycles. The van der Waals surface area contributed by atoms with Crippen LogP contribution in [0.25, 0.3) is 0 Å². The highest BCUT2D eigenvalue weighted by Gasteiger charge is 2.14. The fraction of sp³-hybridized carbons (Fsp3) is 0.182. The van der Waals surface area contributed by atoms with E-state index in [4.69, 9.17) is 4.74 Å². The quantitative estimate of drug-likeness (QED) is 0.523. The van der Waals surface area contributed by atoms with Gasteiger partial charge in [-0.3, -0.25) is 14.4 Å². The number of anilines is 1.